The number of hydrogen-bond donors (Lipinski definition) is 2. The number of hydrogen-bond acceptors (Lipinski definition) is 4. The van der Waals surface area contributed by atoms with Crippen LogP contribution in [0.5, 0.6) is 0 Å². The monoisotopic (exact) mass is 333 g/mol. The zero-order chi connectivity index (χ0) is 17.4. The summed E-state index contributed by atoms with van der Waals surface area (Å²) in [6, 6.07) is 7.86. The molecule has 24 heavy (non-hydrogen) atoms. The molecule has 1 saturated heterocycles. The van der Waals surface area contributed by atoms with E-state index in [9.17, 15) is 9.59 Å². The first-order valence-corrected chi connectivity index (χ1v) is 8.57. The van der Waals surface area contributed by atoms with Crippen molar-refractivity contribution in [2.45, 2.75) is 26.3 Å². The fourth-order valence-electron chi connectivity index (χ4n) is 2.62. The highest BCUT2D eigenvalue weighted by Crippen LogP contribution is 2.13. The summed E-state index contributed by atoms with van der Waals surface area (Å²) < 4.78 is 5.27. The quantitative estimate of drug-likeness (QED) is 0.758. The molecule has 2 rings (SSSR count). The summed E-state index contributed by atoms with van der Waals surface area (Å²) in [5.41, 5.74) is 2.24. The Morgan fingerprint density at radius 2 is 1.83 bits per heavy atom. The van der Waals surface area contributed by atoms with Crippen molar-refractivity contribution >= 4 is 11.8 Å². The van der Waals surface area contributed by atoms with Crippen LogP contribution in [0.1, 0.15) is 31.0 Å². The van der Waals surface area contributed by atoms with Crippen molar-refractivity contribution in [2.75, 3.05) is 39.4 Å². The summed E-state index contributed by atoms with van der Waals surface area (Å²) in [7, 11) is 0. The Morgan fingerprint density at radius 3 is 2.46 bits per heavy atom. The molecular formula is C18H27N3O3. The first kappa shape index (κ1) is 18.4. The summed E-state index contributed by atoms with van der Waals surface area (Å²) in [5.74, 6) is -1.18. The second-order valence-electron chi connectivity index (χ2n) is 6.00. The minimum Gasteiger partial charge on any atom is -0.379 e. The van der Waals surface area contributed by atoms with Crippen LogP contribution in [-0.4, -0.2) is 56.1 Å². The highest BCUT2D eigenvalue weighted by Gasteiger charge is 2.17. The second-order valence-corrected chi connectivity index (χ2v) is 6.00. The summed E-state index contributed by atoms with van der Waals surface area (Å²) in [6.07, 6.45) is 0.979. The summed E-state index contributed by atoms with van der Waals surface area (Å²) in [5, 5.41) is 5.41. The van der Waals surface area contributed by atoms with Gasteiger partial charge in [-0.25, -0.2) is 0 Å². The zero-order valence-corrected chi connectivity index (χ0v) is 14.5. The molecule has 2 amide bonds. The van der Waals surface area contributed by atoms with E-state index in [4.69, 9.17) is 4.74 Å². The third-order valence-electron chi connectivity index (χ3n) is 4.26. The average Bonchev–Trinajstić information content (AvgIpc) is 2.62. The molecule has 132 valence electrons. The second kappa shape index (κ2) is 9.39. The smallest absolute Gasteiger partial charge is 0.309 e. The molecule has 6 nitrogen and oxygen atoms in total. The number of rotatable bonds is 6. The van der Waals surface area contributed by atoms with Crippen molar-refractivity contribution in [3.05, 3.63) is 35.4 Å². The molecule has 1 fully saturated rings. The Kier molecular flexibility index (Phi) is 7.21. The van der Waals surface area contributed by atoms with Crippen LogP contribution in [0.15, 0.2) is 24.3 Å². The van der Waals surface area contributed by atoms with E-state index in [-0.39, 0.29) is 6.04 Å². The molecule has 1 atom stereocenters. The van der Waals surface area contributed by atoms with Gasteiger partial charge in [0.2, 0.25) is 0 Å². The molecule has 1 unspecified atom stereocenters. The zero-order valence-electron chi connectivity index (χ0n) is 14.5. The fourth-order valence-corrected chi connectivity index (χ4v) is 2.62. The van der Waals surface area contributed by atoms with Gasteiger partial charge in [0.25, 0.3) is 0 Å². The van der Waals surface area contributed by atoms with Gasteiger partial charge in [-0.2, -0.15) is 0 Å². The predicted octanol–water partition coefficient (Wildman–Crippen LogP) is 0.875. The van der Waals surface area contributed by atoms with E-state index in [0.717, 1.165) is 44.8 Å². The van der Waals surface area contributed by atoms with Crippen LogP contribution >= 0.6 is 0 Å². The first-order valence-electron chi connectivity index (χ1n) is 8.57. The van der Waals surface area contributed by atoms with Gasteiger partial charge < -0.3 is 15.4 Å². The van der Waals surface area contributed by atoms with Gasteiger partial charge in [-0.15, -0.1) is 0 Å². The standard InChI is InChI=1S/C18H27N3O3/c1-3-15-4-6-16(7-5-15)14(2)20-18(23)17(22)19-8-9-21-10-12-24-13-11-21/h4-7,14H,3,8-13H2,1-2H3,(H,19,22)(H,20,23). The van der Waals surface area contributed by atoms with Gasteiger partial charge in [-0.3, -0.25) is 14.5 Å². The molecule has 2 N–H and O–H groups in total. The van der Waals surface area contributed by atoms with Crippen LogP contribution in [0, 0.1) is 0 Å². The lowest BCUT2D eigenvalue weighted by molar-refractivity contribution is -0.139. The predicted molar refractivity (Wildman–Crippen MR) is 92.6 cm³/mol. The third kappa shape index (κ3) is 5.62. The number of ether oxygens (including phenoxy) is 1. The average molecular weight is 333 g/mol. The maximum Gasteiger partial charge on any atom is 0.309 e. The Hall–Kier alpha value is -1.92. The largest absolute Gasteiger partial charge is 0.379 e. The molecular weight excluding hydrogens is 306 g/mol. The van der Waals surface area contributed by atoms with E-state index >= 15 is 0 Å². The molecule has 1 aliphatic rings. The van der Waals surface area contributed by atoms with Gasteiger partial charge in [0, 0.05) is 26.2 Å². The topological polar surface area (TPSA) is 70.7 Å². The fraction of sp³-hybridized carbons (Fsp3) is 0.556. The lowest BCUT2D eigenvalue weighted by Crippen LogP contribution is -2.45. The Morgan fingerprint density at radius 1 is 1.17 bits per heavy atom. The number of nitrogens with one attached hydrogen (secondary N) is 2. The van der Waals surface area contributed by atoms with E-state index in [0.29, 0.717) is 6.54 Å². The third-order valence-corrected chi connectivity index (χ3v) is 4.26. The van der Waals surface area contributed by atoms with E-state index in [1.54, 1.807) is 0 Å². The van der Waals surface area contributed by atoms with E-state index in [1.807, 2.05) is 31.2 Å². The van der Waals surface area contributed by atoms with Crippen molar-refractivity contribution in [3.63, 3.8) is 0 Å². The highest BCUT2D eigenvalue weighted by molar-refractivity contribution is 6.35. The van der Waals surface area contributed by atoms with Crippen LogP contribution in [0.25, 0.3) is 0 Å². The summed E-state index contributed by atoms with van der Waals surface area (Å²) >= 11 is 0. The molecule has 0 aliphatic carbocycles. The number of benzene rings is 1. The molecule has 1 aromatic rings. The van der Waals surface area contributed by atoms with Crippen LogP contribution in [0.3, 0.4) is 0 Å². The van der Waals surface area contributed by atoms with Crippen LogP contribution in [0.2, 0.25) is 0 Å². The lowest BCUT2D eigenvalue weighted by Gasteiger charge is -2.26. The Labute approximate surface area is 143 Å². The number of carbonyl (C=O) groups is 2. The van der Waals surface area contributed by atoms with Gasteiger partial charge in [-0.1, -0.05) is 31.2 Å². The normalized spacial score (nSPS) is 16.4. The van der Waals surface area contributed by atoms with Gasteiger partial charge in [-0.05, 0) is 24.5 Å². The minimum atomic E-state index is -0.593. The van der Waals surface area contributed by atoms with Gasteiger partial charge in [0.1, 0.15) is 0 Å². The molecule has 1 aromatic carbocycles. The Bertz CT molecular complexity index is 539. The van der Waals surface area contributed by atoms with E-state index < -0.39 is 11.8 Å². The molecule has 0 spiro atoms. The molecule has 0 aromatic heterocycles. The number of morpholine rings is 1. The van der Waals surface area contributed by atoms with Crippen molar-refractivity contribution in [1.29, 1.82) is 0 Å². The SMILES string of the molecule is CCc1ccc(C(C)NC(=O)C(=O)NCCN2CCOCC2)cc1. The van der Waals surface area contributed by atoms with Crippen LogP contribution in [-0.2, 0) is 20.7 Å². The van der Waals surface area contributed by atoms with E-state index in [1.165, 1.54) is 5.56 Å². The molecule has 0 bridgehead atoms. The van der Waals surface area contributed by atoms with Gasteiger partial charge in [0.15, 0.2) is 0 Å². The molecule has 6 heteroatoms. The van der Waals surface area contributed by atoms with Gasteiger partial charge in [0.05, 0.1) is 19.3 Å². The number of amides is 2. The van der Waals surface area contributed by atoms with Crippen molar-refractivity contribution in [3.8, 4) is 0 Å². The lowest BCUT2D eigenvalue weighted by atomic mass is 10.1. The maximum absolute atomic E-state index is 12.0. The first-order chi connectivity index (χ1) is 11.6. The summed E-state index contributed by atoms with van der Waals surface area (Å²) in [6.45, 7) is 8.36. The van der Waals surface area contributed by atoms with Crippen LogP contribution < -0.4 is 10.6 Å². The van der Waals surface area contributed by atoms with Gasteiger partial charge >= 0.3 is 11.8 Å². The molecule has 1 heterocycles. The highest BCUT2D eigenvalue weighted by atomic mass is 16.5. The maximum atomic E-state index is 12.0. The minimum absolute atomic E-state index is 0.201. The van der Waals surface area contributed by atoms with Crippen molar-refractivity contribution in [2.24, 2.45) is 0 Å². The molecule has 0 saturated carbocycles. The molecule has 0 radical (unpaired) electrons. The molecule has 1 aliphatic heterocycles. The number of nitrogens with zero attached hydrogens (tertiary/aromatic N) is 1. The van der Waals surface area contributed by atoms with Crippen LogP contribution in [0.4, 0.5) is 0 Å². The Balaban J connectivity index is 1.72. The van der Waals surface area contributed by atoms with E-state index in [2.05, 4.69) is 22.5 Å². The van der Waals surface area contributed by atoms with Crippen molar-refractivity contribution in [1.82, 2.24) is 15.5 Å². The van der Waals surface area contributed by atoms with Crippen molar-refractivity contribution < 1.29 is 14.3 Å². The summed E-state index contributed by atoms with van der Waals surface area (Å²) in [4.78, 5) is 26.1. The number of carbonyl (C=O) groups excluding carboxylic acids is 2. The number of aryl methyl sites for hydroxylation is 1.